The minimum Gasteiger partial charge on any atom is -0.481 e. The molecule has 0 aliphatic carbocycles. The highest BCUT2D eigenvalue weighted by Gasteiger charge is 2.55. The number of carbonyl (C=O) groups is 2. The van der Waals surface area contributed by atoms with Crippen molar-refractivity contribution in [2.75, 3.05) is 20.1 Å². The van der Waals surface area contributed by atoms with Crippen LogP contribution in [0.5, 0.6) is 0 Å². The fraction of sp³-hybridized carbons (Fsp3) is 0.750. The Bertz CT molecular complexity index is 634. The average molecular weight is 336 g/mol. The molecule has 0 saturated carbocycles. The monoisotopic (exact) mass is 336 g/mol. The highest BCUT2D eigenvalue weighted by atomic mass is 16.5. The fourth-order valence-corrected chi connectivity index (χ4v) is 3.85. The van der Waals surface area contributed by atoms with Crippen molar-refractivity contribution in [3.05, 3.63) is 11.7 Å². The molecular formula is C16H24N4O4. The number of aliphatic carboxylic acids is 1. The van der Waals surface area contributed by atoms with E-state index in [0.29, 0.717) is 44.2 Å². The number of piperidine rings is 1. The van der Waals surface area contributed by atoms with Crippen LogP contribution in [0.25, 0.3) is 0 Å². The molecule has 3 rings (SSSR count). The summed E-state index contributed by atoms with van der Waals surface area (Å²) in [5.41, 5.74) is -0.556. The number of likely N-dealkylation sites (tertiary alicyclic amines) is 2. The fourth-order valence-electron chi connectivity index (χ4n) is 3.85. The first-order valence-corrected chi connectivity index (χ1v) is 8.38. The number of carboxylic acid groups (broad SMARTS) is 1. The normalized spacial score (nSPS) is 24.2. The largest absolute Gasteiger partial charge is 0.481 e. The van der Waals surface area contributed by atoms with Crippen molar-refractivity contribution in [1.29, 1.82) is 0 Å². The van der Waals surface area contributed by atoms with Crippen molar-refractivity contribution in [3.8, 4) is 0 Å². The van der Waals surface area contributed by atoms with E-state index in [1.807, 2.05) is 13.8 Å². The van der Waals surface area contributed by atoms with E-state index in [-0.39, 0.29) is 18.2 Å². The predicted molar refractivity (Wildman–Crippen MR) is 84.1 cm³/mol. The van der Waals surface area contributed by atoms with E-state index < -0.39 is 17.4 Å². The number of hydrogen-bond donors (Lipinski definition) is 1. The number of nitrogens with zero attached hydrogens (tertiary/aromatic N) is 4. The topological polar surface area (TPSA) is 99.8 Å². The molecule has 2 fully saturated rings. The molecule has 8 heteroatoms. The van der Waals surface area contributed by atoms with Crippen LogP contribution in [0.4, 0.5) is 0 Å². The van der Waals surface area contributed by atoms with Crippen LogP contribution in [0.3, 0.4) is 0 Å². The van der Waals surface area contributed by atoms with Gasteiger partial charge < -0.3 is 14.5 Å². The second kappa shape index (κ2) is 6.16. The molecule has 1 atom stereocenters. The summed E-state index contributed by atoms with van der Waals surface area (Å²) in [6.07, 6.45) is 1.41. The quantitative estimate of drug-likeness (QED) is 0.878. The molecule has 1 spiro atoms. The lowest BCUT2D eigenvalue weighted by Crippen LogP contribution is -2.56. The summed E-state index contributed by atoms with van der Waals surface area (Å²) in [6, 6.07) is 0. The molecule has 2 saturated heterocycles. The number of hydrogen-bond acceptors (Lipinski definition) is 6. The molecule has 3 heterocycles. The molecule has 0 radical (unpaired) electrons. The second-order valence-electron chi connectivity index (χ2n) is 7.13. The molecule has 2 aliphatic rings. The van der Waals surface area contributed by atoms with Crippen molar-refractivity contribution < 1.29 is 19.2 Å². The predicted octanol–water partition coefficient (Wildman–Crippen LogP) is 1.09. The molecule has 0 unspecified atom stereocenters. The Balaban J connectivity index is 1.66. The van der Waals surface area contributed by atoms with Gasteiger partial charge in [0.1, 0.15) is 0 Å². The summed E-state index contributed by atoms with van der Waals surface area (Å²) < 4.78 is 5.22. The Morgan fingerprint density at radius 1 is 1.42 bits per heavy atom. The van der Waals surface area contributed by atoms with Crippen LogP contribution < -0.4 is 0 Å². The maximum absolute atomic E-state index is 12.0. The highest BCUT2D eigenvalue weighted by molar-refractivity contribution is 5.88. The number of rotatable bonds is 4. The molecule has 0 aromatic carbocycles. The van der Waals surface area contributed by atoms with Gasteiger partial charge in [-0.1, -0.05) is 19.0 Å². The van der Waals surface area contributed by atoms with Crippen molar-refractivity contribution >= 4 is 11.9 Å². The van der Waals surface area contributed by atoms with Crippen LogP contribution in [0, 0.1) is 5.92 Å². The van der Waals surface area contributed by atoms with E-state index in [1.165, 1.54) is 0 Å². The minimum absolute atomic E-state index is 0.0735. The van der Waals surface area contributed by atoms with Crippen LogP contribution in [0.15, 0.2) is 4.52 Å². The average Bonchev–Trinajstić information content (AvgIpc) is 3.09. The number of carbonyl (C=O) groups excluding carboxylic acids is 1. The standard InChI is InChI=1S/C16H24N4O4/c1-10(2)14-17-12(18-24-14)9-20-6-4-16(5-7-20)11(15(22)23)8-13(21)19(16)3/h10-11H,4-9H2,1-3H3,(H,22,23)/t11-/m1/s1. The number of amides is 1. The van der Waals surface area contributed by atoms with E-state index in [1.54, 1.807) is 11.9 Å². The Morgan fingerprint density at radius 3 is 2.62 bits per heavy atom. The zero-order valence-electron chi connectivity index (χ0n) is 14.4. The Labute approximate surface area is 140 Å². The number of aromatic nitrogens is 2. The Kier molecular flexibility index (Phi) is 4.33. The van der Waals surface area contributed by atoms with Crippen molar-refractivity contribution in [2.24, 2.45) is 5.92 Å². The maximum atomic E-state index is 12.0. The summed E-state index contributed by atoms with van der Waals surface area (Å²) in [4.78, 5) is 31.8. The molecule has 1 aromatic heterocycles. The third-order valence-corrected chi connectivity index (χ3v) is 5.43. The zero-order valence-corrected chi connectivity index (χ0v) is 14.4. The summed E-state index contributed by atoms with van der Waals surface area (Å²) in [5, 5.41) is 13.5. The van der Waals surface area contributed by atoms with Gasteiger partial charge in [-0.2, -0.15) is 4.98 Å². The van der Waals surface area contributed by atoms with Gasteiger partial charge in [0.05, 0.1) is 18.0 Å². The minimum atomic E-state index is -0.874. The highest BCUT2D eigenvalue weighted by Crippen LogP contribution is 2.42. The third kappa shape index (κ3) is 2.79. The molecule has 132 valence electrons. The molecule has 0 bridgehead atoms. The van der Waals surface area contributed by atoms with Gasteiger partial charge >= 0.3 is 5.97 Å². The Hall–Kier alpha value is -1.96. The third-order valence-electron chi connectivity index (χ3n) is 5.43. The van der Waals surface area contributed by atoms with Gasteiger partial charge in [-0.05, 0) is 12.8 Å². The first kappa shape index (κ1) is 16.9. The van der Waals surface area contributed by atoms with E-state index in [0.717, 1.165) is 0 Å². The van der Waals surface area contributed by atoms with E-state index >= 15 is 0 Å². The van der Waals surface area contributed by atoms with Gasteiger partial charge in [0.2, 0.25) is 11.8 Å². The molecule has 1 aromatic rings. The lowest BCUT2D eigenvalue weighted by atomic mass is 9.77. The van der Waals surface area contributed by atoms with Gasteiger partial charge in [0.15, 0.2) is 5.82 Å². The zero-order chi connectivity index (χ0) is 17.5. The lowest BCUT2D eigenvalue weighted by Gasteiger charge is -2.45. The molecule has 2 aliphatic heterocycles. The summed E-state index contributed by atoms with van der Waals surface area (Å²) in [7, 11) is 1.73. The number of carboxylic acids is 1. The van der Waals surface area contributed by atoms with E-state index in [2.05, 4.69) is 15.0 Å². The van der Waals surface area contributed by atoms with Crippen molar-refractivity contribution in [2.45, 2.75) is 51.1 Å². The van der Waals surface area contributed by atoms with Gasteiger partial charge in [0, 0.05) is 32.5 Å². The van der Waals surface area contributed by atoms with Crippen LogP contribution >= 0.6 is 0 Å². The molecule has 24 heavy (non-hydrogen) atoms. The van der Waals surface area contributed by atoms with Crippen LogP contribution in [-0.4, -0.2) is 62.6 Å². The van der Waals surface area contributed by atoms with Gasteiger partial charge in [-0.3, -0.25) is 14.5 Å². The van der Waals surface area contributed by atoms with Crippen LogP contribution in [0.1, 0.15) is 50.7 Å². The van der Waals surface area contributed by atoms with Crippen LogP contribution in [-0.2, 0) is 16.1 Å². The van der Waals surface area contributed by atoms with Crippen molar-refractivity contribution in [1.82, 2.24) is 19.9 Å². The second-order valence-corrected chi connectivity index (χ2v) is 7.13. The first-order chi connectivity index (χ1) is 11.3. The lowest BCUT2D eigenvalue weighted by molar-refractivity contribution is -0.146. The summed E-state index contributed by atoms with van der Waals surface area (Å²) in [6.45, 7) is 6.02. The van der Waals surface area contributed by atoms with Gasteiger partial charge in [0.25, 0.3) is 0 Å². The van der Waals surface area contributed by atoms with Crippen LogP contribution in [0.2, 0.25) is 0 Å². The Morgan fingerprint density at radius 2 is 2.08 bits per heavy atom. The molecular weight excluding hydrogens is 312 g/mol. The molecule has 1 N–H and O–H groups in total. The van der Waals surface area contributed by atoms with E-state index in [9.17, 15) is 14.7 Å². The smallest absolute Gasteiger partial charge is 0.309 e. The van der Waals surface area contributed by atoms with E-state index in [4.69, 9.17) is 4.52 Å². The first-order valence-electron chi connectivity index (χ1n) is 8.38. The SMILES string of the molecule is CC(C)c1nc(CN2CCC3(CC2)[C@@H](C(=O)O)CC(=O)N3C)no1. The summed E-state index contributed by atoms with van der Waals surface area (Å²) in [5.74, 6) is -0.0810. The molecule has 1 amide bonds. The van der Waals surface area contributed by atoms with Gasteiger partial charge in [-0.15, -0.1) is 0 Å². The molecule has 8 nitrogen and oxygen atoms in total. The summed E-state index contributed by atoms with van der Waals surface area (Å²) >= 11 is 0. The maximum Gasteiger partial charge on any atom is 0.309 e. The van der Waals surface area contributed by atoms with Gasteiger partial charge in [-0.25, -0.2) is 0 Å². The van der Waals surface area contributed by atoms with Crippen molar-refractivity contribution in [3.63, 3.8) is 0 Å².